The molecule has 0 amide bonds. The molecule has 3 aromatic rings. The van der Waals surface area contributed by atoms with E-state index < -0.39 is 0 Å². The summed E-state index contributed by atoms with van der Waals surface area (Å²) in [6, 6.07) is 12.0. The van der Waals surface area contributed by atoms with Gasteiger partial charge in [0.2, 0.25) is 0 Å². The van der Waals surface area contributed by atoms with Crippen LogP contribution < -0.4 is 5.73 Å². The van der Waals surface area contributed by atoms with Crippen LogP contribution in [0, 0.1) is 6.92 Å². The monoisotopic (exact) mass is 279 g/mol. The van der Waals surface area contributed by atoms with Crippen molar-refractivity contribution in [3.8, 4) is 22.4 Å². The molecule has 21 heavy (non-hydrogen) atoms. The second-order valence-corrected chi connectivity index (χ2v) is 4.92. The molecule has 3 N–H and O–H groups in total. The highest BCUT2D eigenvalue weighted by atomic mass is 15.2. The Hall–Kier alpha value is -2.69. The third-order valence-corrected chi connectivity index (χ3v) is 3.45. The molecule has 5 heteroatoms. The van der Waals surface area contributed by atoms with Crippen molar-refractivity contribution in [2.75, 3.05) is 5.73 Å². The number of nitrogen functional groups attached to an aromatic ring is 1. The zero-order valence-corrected chi connectivity index (χ0v) is 12.1. The van der Waals surface area contributed by atoms with Gasteiger partial charge < -0.3 is 5.73 Å². The molecule has 0 atom stereocenters. The Morgan fingerprint density at radius 3 is 2.62 bits per heavy atom. The van der Waals surface area contributed by atoms with E-state index >= 15 is 0 Å². The number of rotatable bonds is 3. The normalized spacial score (nSPS) is 10.8. The summed E-state index contributed by atoms with van der Waals surface area (Å²) in [7, 11) is 0. The largest absolute Gasteiger partial charge is 0.382 e. The minimum absolute atomic E-state index is 0.493. The maximum absolute atomic E-state index is 6.06. The summed E-state index contributed by atoms with van der Waals surface area (Å²) in [6.07, 6.45) is 0.801. The van der Waals surface area contributed by atoms with Crippen LogP contribution in [0.25, 0.3) is 22.4 Å². The lowest BCUT2D eigenvalue weighted by Gasteiger charge is -2.08. The number of hydrogen-bond acceptors (Lipinski definition) is 4. The molecule has 0 aliphatic carbocycles. The molecule has 0 aliphatic rings. The standard InChI is InChI=1S/C16H17N5/c1-3-13-12(9-10(2)18-19-13)15-14(16(17)21-20-15)11-7-5-4-6-8-11/h4-9H,3H2,1-2H3,(H3,17,20,21). The molecule has 0 fully saturated rings. The van der Waals surface area contributed by atoms with Gasteiger partial charge in [-0.05, 0) is 25.0 Å². The molecule has 106 valence electrons. The number of nitrogens with two attached hydrogens (primary N) is 1. The molecular formula is C16H17N5. The fraction of sp³-hybridized carbons (Fsp3) is 0.188. The molecular weight excluding hydrogens is 262 g/mol. The minimum Gasteiger partial charge on any atom is -0.382 e. The first kappa shape index (κ1) is 13.3. The topological polar surface area (TPSA) is 80.5 Å². The van der Waals surface area contributed by atoms with Crippen LogP contribution in [0.1, 0.15) is 18.3 Å². The minimum atomic E-state index is 0.493. The van der Waals surface area contributed by atoms with Gasteiger partial charge in [0.25, 0.3) is 0 Å². The van der Waals surface area contributed by atoms with Crippen molar-refractivity contribution in [3.63, 3.8) is 0 Å². The predicted molar refractivity (Wildman–Crippen MR) is 83.6 cm³/mol. The third-order valence-electron chi connectivity index (χ3n) is 3.45. The van der Waals surface area contributed by atoms with Crippen LogP contribution in [0.3, 0.4) is 0 Å². The van der Waals surface area contributed by atoms with E-state index in [4.69, 9.17) is 5.73 Å². The first-order valence-electron chi connectivity index (χ1n) is 6.93. The van der Waals surface area contributed by atoms with Gasteiger partial charge in [0.15, 0.2) is 5.82 Å². The summed E-state index contributed by atoms with van der Waals surface area (Å²) >= 11 is 0. The summed E-state index contributed by atoms with van der Waals surface area (Å²) in [6.45, 7) is 3.99. The number of H-pyrrole nitrogens is 1. The Labute approximate surface area is 123 Å². The third kappa shape index (κ3) is 2.38. The summed E-state index contributed by atoms with van der Waals surface area (Å²) in [5, 5.41) is 15.6. The number of aromatic amines is 1. The molecule has 3 rings (SSSR count). The second kappa shape index (κ2) is 5.36. The summed E-state index contributed by atoms with van der Waals surface area (Å²) in [5.41, 5.74) is 11.7. The van der Waals surface area contributed by atoms with E-state index in [0.717, 1.165) is 40.2 Å². The van der Waals surface area contributed by atoms with Crippen molar-refractivity contribution >= 4 is 5.82 Å². The van der Waals surface area contributed by atoms with Gasteiger partial charge in [-0.2, -0.15) is 15.3 Å². The van der Waals surface area contributed by atoms with Gasteiger partial charge in [-0.1, -0.05) is 37.3 Å². The fourth-order valence-corrected chi connectivity index (χ4v) is 2.44. The number of hydrogen-bond donors (Lipinski definition) is 2. The van der Waals surface area contributed by atoms with Crippen LogP contribution in [0.4, 0.5) is 5.82 Å². The Morgan fingerprint density at radius 1 is 1.14 bits per heavy atom. The first-order chi connectivity index (χ1) is 10.2. The van der Waals surface area contributed by atoms with E-state index in [1.165, 1.54) is 0 Å². The Kier molecular flexibility index (Phi) is 3.39. The number of nitrogens with zero attached hydrogens (tertiary/aromatic N) is 3. The molecule has 2 heterocycles. The lowest BCUT2D eigenvalue weighted by Crippen LogP contribution is -1.98. The van der Waals surface area contributed by atoms with Gasteiger partial charge in [-0.15, -0.1) is 0 Å². The van der Waals surface area contributed by atoms with Crippen LogP contribution in [-0.4, -0.2) is 20.4 Å². The summed E-state index contributed by atoms with van der Waals surface area (Å²) in [4.78, 5) is 0. The van der Waals surface area contributed by atoms with E-state index in [1.54, 1.807) is 0 Å². The molecule has 0 saturated carbocycles. The highest BCUT2D eigenvalue weighted by Gasteiger charge is 2.17. The average molecular weight is 279 g/mol. The Morgan fingerprint density at radius 2 is 1.90 bits per heavy atom. The van der Waals surface area contributed by atoms with Crippen molar-refractivity contribution in [3.05, 3.63) is 47.8 Å². The van der Waals surface area contributed by atoms with Crippen LogP contribution >= 0.6 is 0 Å². The molecule has 2 aromatic heterocycles. The van der Waals surface area contributed by atoms with Gasteiger partial charge in [-0.25, -0.2) is 0 Å². The smallest absolute Gasteiger partial charge is 0.153 e. The van der Waals surface area contributed by atoms with Crippen LogP contribution in [0.5, 0.6) is 0 Å². The van der Waals surface area contributed by atoms with Crippen molar-refractivity contribution in [1.29, 1.82) is 0 Å². The maximum atomic E-state index is 6.06. The molecule has 0 bridgehead atoms. The van der Waals surface area contributed by atoms with Crippen molar-refractivity contribution in [2.45, 2.75) is 20.3 Å². The molecule has 1 aromatic carbocycles. The van der Waals surface area contributed by atoms with Gasteiger partial charge in [0.05, 0.1) is 22.6 Å². The molecule has 0 saturated heterocycles. The van der Waals surface area contributed by atoms with Gasteiger partial charge in [-0.3, -0.25) is 5.10 Å². The fourth-order valence-electron chi connectivity index (χ4n) is 2.44. The number of benzene rings is 1. The number of aromatic nitrogens is 4. The number of aryl methyl sites for hydroxylation is 2. The second-order valence-electron chi connectivity index (χ2n) is 4.92. The molecule has 0 unspecified atom stereocenters. The van der Waals surface area contributed by atoms with E-state index in [1.807, 2.05) is 43.3 Å². The SMILES string of the molecule is CCc1nnc(C)cc1-c1[nH]nc(N)c1-c1ccccc1. The van der Waals surface area contributed by atoms with Crippen LogP contribution in [0.15, 0.2) is 36.4 Å². The highest BCUT2D eigenvalue weighted by molar-refractivity contribution is 5.88. The van der Waals surface area contributed by atoms with E-state index in [-0.39, 0.29) is 0 Å². The van der Waals surface area contributed by atoms with Crippen molar-refractivity contribution < 1.29 is 0 Å². The molecule has 5 nitrogen and oxygen atoms in total. The Bertz CT molecular complexity index is 762. The summed E-state index contributed by atoms with van der Waals surface area (Å²) in [5.74, 6) is 0.493. The Balaban J connectivity index is 2.24. The quantitative estimate of drug-likeness (QED) is 0.772. The van der Waals surface area contributed by atoms with Gasteiger partial charge in [0, 0.05) is 5.56 Å². The van der Waals surface area contributed by atoms with E-state index in [0.29, 0.717) is 5.82 Å². The average Bonchev–Trinajstić information content (AvgIpc) is 2.89. The molecule has 0 aliphatic heterocycles. The molecule has 0 spiro atoms. The number of nitrogens with one attached hydrogen (secondary N) is 1. The van der Waals surface area contributed by atoms with Crippen molar-refractivity contribution in [2.24, 2.45) is 0 Å². The molecule has 0 radical (unpaired) electrons. The van der Waals surface area contributed by atoms with E-state index in [2.05, 4.69) is 27.3 Å². The van der Waals surface area contributed by atoms with E-state index in [9.17, 15) is 0 Å². The number of anilines is 1. The lowest BCUT2D eigenvalue weighted by atomic mass is 9.99. The zero-order chi connectivity index (χ0) is 14.8. The van der Waals surface area contributed by atoms with Gasteiger partial charge in [0.1, 0.15) is 0 Å². The first-order valence-corrected chi connectivity index (χ1v) is 6.93. The zero-order valence-electron chi connectivity index (χ0n) is 12.1. The highest BCUT2D eigenvalue weighted by Crippen LogP contribution is 2.35. The van der Waals surface area contributed by atoms with Crippen molar-refractivity contribution in [1.82, 2.24) is 20.4 Å². The van der Waals surface area contributed by atoms with Crippen LogP contribution in [0.2, 0.25) is 0 Å². The van der Waals surface area contributed by atoms with Crippen LogP contribution in [-0.2, 0) is 6.42 Å². The lowest BCUT2D eigenvalue weighted by molar-refractivity contribution is 0.893. The van der Waals surface area contributed by atoms with Gasteiger partial charge >= 0.3 is 0 Å². The maximum Gasteiger partial charge on any atom is 0.153 e. The summed E-state index contributed by atoms with van der Waals surface area (Å²) < 4.78 is 0. The predicted octanol–water partition coefficient (Wildman–Crippen LogP) is 2.99.